The first-order chi connectivity index (χ1) is 7.08. The molecule has 0 aromatic carbocycles. The van der Waals surface area contributed by atoms with Crippen molar-refractivity contribution >= 4 is 11.8 Å². The van der Waals surface area contributed by atoms with Crippen molar-refractivity contribution in [3.63, 3.8) is 0 Å². The summed E-state index contributed by atoms with van der Waals surface area (Å²) in [6.07, 6.45) is 2.01. The van der Waals surface area contributed by atoms with Crippen molar-refractivity contribution in [3.05, 3.63) is 23.6 Å². The topological polar surface area (TPSA) is 62.2 Å². The minimum Gasteiger partial charge on any atom is -0.478 e. The van der Waals surface area contributed by atoms with E-state index in [4.69, 9.17) is 5.11 Å². The Hall–Kier alpha value is -1.65. The first-order valence-electron chi connectivity index (χ1n) is 4.73. The second-order valence-electron chi connectivity index (χ2n) is 3.82. The van der Waals surface area contributed by atoms with Crippen LogP contribution in [-0.4, -0.2) is 22.1 Å². The predicted molar refractivity (Wildman–Crippen MR) is 52.3 cm³/mol. The summed E-state index contributed by atoms with van der Waals surface area (Å²) in [5.74, 6) is -1.03. The number of carbonyl (C=O) groups is 1. The number of rotatable bonds is 3. The lowest BCUT2D eigenvalue weighted by atomic mass is 10.2. The molecular weight excluding hydrogens is 199 g/mol. The summed E-state index contributed by atoms with van der Waals surface area (Å²) in [6, 6.07) is 1.24. The maximum absolute atomic E-state index is 12.8. The van der Waals surface area contributed by atoms with Gasteiger partial charge in [0.15, 0.2) is 0 Å². The second-order valence-corrected chi connectivity index (χ2v) is 3.82. The Balaban J connectivity index is 2.25. The number of hydrogen-bond donors (Lipinski definition) is 2. The van der Waals surface area contributed by atoms with Crippen LogP contribution in [0, 0.1) is 11.7 Å². The molecule has 0 spiro atoms. The summed E-state index contributed by atoms with van der Waals surface area (Å²) in [6.45, 7) is 2.06. The summed E-state index contributed by atoms with van der Waals surface area (Å²) in [5.41, 5.74) is -0.117. The molecule has 0 aliphatic heterocycles. The molecule has 1 aliphatic rings. The van der Waals surface area contributed by atoms with Gasteiger partial charge >= 0.3 is 5.97 Å². The fraction of sp³-hybridized carbons (Fsp3) is 0.400. The molecule has 0 bridgehead atoms. The summed E-state index contributed by atoms with van der Waals surface area (Å²) in [4.78, 5) is 14.6. The SMILES string of the molecule is CC1CC1Nc1ncc(F)cc1C(=O)O. The number of anilines is 1. The Bertz CT molecular complexity index is 408. The number of pyridine rings is 1. The van der Waals surface area contributed by atoms with Crippen molar-refractivity contribution in [2.24, 2.45) is 5.92 Å². The second kappa shape index (κ2) is 3.49. The molecule has 2 N–H and O–H groups in total. The van der Waals surface area contributed by atoms with Gasteiger partial charge in [-0.25, -0.2) is 14.2 Å². The van der Waals surface area contributed by atoms with E-state index in [9.17, 15) is 9.18 Å². The minimum absolute atomic E-state index is 0.117. The highest BCUT2D eigenvalue weighted by molar-refractivity contribution is 5.93. The number of nitrogens with zero attached hydrogens (tertiary/aromatic N) is 1. The molecule has 0 radical (unpaired) electrons. The van der Waals surface area contributed by atoms with E-state index < -0.39 is 11.8 Å². The number of halogens is 1. The highest BCUT2D eigenvalue weighted by Gasteiger charge is 2.33. The van der Waals surface area contributed by atoms with E-state index in [0.717, 1.165) is 18.7 Å². The minimum atomic E-state index is -1.17. The van der Waals surface area contributed by atoms with E-state index in [0.29, 0.717) is 5.92 Å². The molecule has 15 heavy (non-hydrogen) atoms. The molecule has 0 amide bonds. The van der Waals surface area contributed by atoms with E-state index in [1.165, 1.54) is 0 Å². The standard InChI is InChI=1S/C10H11FN2O2/c1-5-2-8(5)13-9-7(10(14)15)3-6(11)4-12-9/h3-5,8H,2H2,1H3,(H,12,13)(H,14,15). The van der Waals surface area contributed by atoms with Crippen LogP contribution >= 0.6 is 0 Å². The van der Waals surface area contributed by atoms with Crippen LogP contribution in [-0.2, 0) is 0 Å². The van der Waals surface area contributed by atoms with Gasteiger partial charge in [-0.15, -0.1) is 0 Å². The molecule has 0 saturated heterocycles. The Morgan fingerprint density at radius 1 is 1.73 bits per heavy atom. The van der Waals surface area contributed by atoms with Gasteiger partial charge in [-0.3, -0.25) is 0 Å². The maximum Gasteiger partial charge on any atom is 0.339 e. The molecule has 1 heterocycles. The van der Waals surface area contributed by atoms with Gasteiger partial charge in [0.2, 0.25) is 0 Å². The van der Waals surface area contributed by atoms with Gasteiger partial charge in [0.1, 0.15) is 17.2 Å². The normalized spacial score (nSPS) is 23.6. The van der Waals surface area contributed by atoms with Gasteiger partial charge < -0.3 is 10.4 Å². The fourth-order valence-electron chi connectivity index (χ4n) is 1.42. The van der Waals surface area contributed by atoms with Gasteiger partial charge in [-0.05, 0) is 18.4 Å². The Morgan fingerprint density at radius 3 is 2.93 bits per heavy atom. The number of aromatic carboxylic acids is 1. The lowest BCUT2D eigenvalue weighted by Gasteiger charge is -2.07. The molecular formula is C10H11FN2O2. The first kappa shape index (κ1) is 9.89. The van der Waals surface area contributed by atoms with Gasteiger partial charge in [-0.2, -0.15) is 0 Å². The van der Waals surface area contributed by atoms with Crippen molar-refractivity contribution < 1.29 is 14.3 Å². The number of nitrogens with one attached hydrogen (secondary N) is 1. The van der Waals surface area contributed by atoms with Crippen molar-refractivity contribution in [3.8, 4) is 0 Å². The maximum atomic E-state index is 12.8. The lowest BCUT2D eigenvalue weighted by molar-refractivity contribution is 0.0697. The van der Waals surface area contributed by atoms with Crippen molar-refractivity contribution in [2.45, 2.75) is 19.4 Å². The molecule has 1 aromatic rings. The largest absolute Gasteiger partial charge is 0.478 e. The third-order valence-electron chi connectivity index (χ3n) is 2.52. The highest BCUT2D eigenvalue weighted by Crippen LogP contribution is 2.32. The van der Waals surface area contributed by atoms with Crippen molar-refractivity contribution in [2.75, 3.05) is 5.32 Å². The van der Waals surface area contributed by atoms with Gasteiger partial charge in [0, 0.05) is 6.04 Å². The lowest BCUT2D eigenvalue weighted by Crippen LogP contribution is -2.11. The smallest absolute Gasteiger partial charge is 0.339 e. The van der Waals surface area contributed by atoms with E-state index in [2.05, 4.69) is 17.2 Å². The van der Waals surface area contributed by atoms with Crippen molar-refractivity contribution in [1.29, 1.82) is 0 Å². The quantitative estimate of drug-likeness (QED) is 0.797. The van der Waals surface area contributed by atoms with Crippen LogP contribution in [0.25, 0.3) is 0 Å². The van der Waals surface area contributed by atoms with Gasteiger partial charge in [0.05, 0.1) is 6.20 Å². The van der Waals surface area contributed by atoms with Gasteiger partial charge in [-0.1, -0.05) is 6.92 Å². The van der Waals surface area contributed by atoms with Crippen LogP contribution in [0.4, 0.5) is 10.2 Å². The summed E-state index contributed by atoms with van der Waals surface area (Å²) >= 11 is 0. The van der Waals surface area contributed by atoms with E-state index in [1.807, 2.05) is 0 Å². The molecule has 1 aromatic heterocycles. The fourth-order valence-corrected chi connectivity index (χ4v) is 1.42. The molecule has 5 heteroatoms. The average molecular weight is 210 g/mol. The Morgan fingerprint density at radius 2 is 2.40 bits per heavy atom. The molecule has 80 valence electrons. The summed E-state index contributed by atoms with van der Waals surface area (Å²) in [5, 5.41) is 11.8. The summed E-state index contributed by atoms with van der Waals surface area (Å²) in [7, 11) is 0. The number of carboxylic acid groups (broad SMARTS) is 1. The molecule has 2 atom stereocenters. The van der Waals surface area contributed by atoms with Gasteiger partial charge in [0.25, 0.3) is 0 Å². The zero-order valence-corrected chi connectivity index (χ0v) is 8.20. The first-order valence-corrected chi connectivity index (χ1v) is 4.73. The zero-order chi connectivity index (χ0) is 11.0. The molecule has 2 unspecified atom stereocenters. The van der Waals surface area contributed by atoms with E-state index >= 15 is 0 Å². The Kier molecular flexibility index (Phi) is 2.30. The van der Waals surface area contributed by atoms with Crippen LogP contribution in [0.1, 0.15) is 23.7 Å². The van der Waals surface area contributed by atoms with Crippen LogP contribution < -0.4 is 5.32 Å². The number of carboxylic acids is 1. The van der Waals surface area contributed by atoms with Crippen LogP contribution in [0.3, 0.4) is 0 Å². The van der Waals surface area contributed by atoms with Crippen LogP contribution in [0.2, 0.25) is 0 Å². The molecule has 1 saturated carbocycles. The van der Waals surface area contributed by atoms with E-state index in [1.54, 1.807) is 0 Å². The highest BCUT2D eigenvalue weighted by atomic mass is 19.1. The molecule has 2 rings (SSSR count). The van der Waals surface area contributed by atoms with Crippen LogP contribution in [0.5, 0.6) is 0 Å². The van der Waals surface area contributed by atoms with Crippen molar-refractivity contribution in [1.82, 2.24) is 4.98 Å². The monoisotopic (exact) mass is 210 g/mol. The third kappa shape index (κ3) is 2.06. The predicted octanol–water partition coefficient (Wildman–Crippen LogP) is 1.74. The number of hydrogen-bond acceptors (Lipinski definition) is 3. The molecule has 4 nitrogen and oxygen atoms in total. The Labute approximate surface area is 86.1 Å². The zero-order valence-electron chi connectivity index (χ0n) is 8.20. The third-order valence-corrected chi connectivity index (χ3v) is 2.52. The summed E-state index contributed by atoms with van der Waals surface area (Å²) < 4.78 is 12.8. The number of aromatic nitrogens is 1. The van der Waals surface area contributed by atoms with E-state index in [-0.39, 0.29) is 17.4 Å². The molecule has 1 fully saturated rings. The molecule has 1 aliphatic carbocycles. The van der Waals surface area contributed by atoms with Crippen LogP contribution in [0.15, 0.2) is 12.3 Å². The average Bonchev–Trinajstić information content (AvgIpc) is 2.85.